The number of esters is 1. The summed E-state index contributed by atoms with van der Waals surface area (Å²) in [5.41, 5.74) is 0.332. The maximum Gasteiger partial charge on any atom is 0.341 e. The van der Waals surface area contributed by atoms with Crippen LogP contribution in [0.25, 0.3) is 0 Å². The van der Waals surface area contributed by atoms with Crippen LogP contribution >= 0.6 is 0 Å². The molecule has 0 spiro atoms. The molecular weight excluding hydrogens is 158 g/mol. The minimum Gasteiger partial charge on any atom is -0.433 e. The molecule has 0 radical (unpaired) electrons. The molecule has 1 rings (SSSR count). The Balaban J connectivity index is 2.66. The molecule has 1 unspecified atom stereocenters. The number of aromatic nitrogens is 1. The Morgan fingerprint density at radius 3 is 3.00 bits per heavy atom. The van der Waals surface area contributed by atoms with Crippen LogP contribution in [0.4, 0.5) is 0 Å². The van der Waals surface area contributed by atoms with E-state index in [0.717, 1.165) is 0 Å². The number of pyridine rings is 1. The van der Waals surface area contributed by atoms with Crippen LogP contribution in [-0.2, 0) is 4.74 Å². The predicted octanol–water partition coefficient (Wildman–Crippen LogP) is 0.577. The Hall–Kier alpha value is -1.42. The Labute approximate surface area is 69.8 Å². The summed E-state index contributed by atoms with van der Waals surface area (Å²) in [5.74, 6) is -0.571. The van der Waals surface area contributed by atoms with Crippen molar-refractivity contribution in [1.29, 1.82) is 0 Å². The highest BCUT2D eigenvalue weighted by atomic mass is 16.6. The number of aliphatic hydroxyl groups is 1. The van der Waals surface area contributed by atoms with E-state index >= 15 is 0 Å². The van der Waals surface area contributed by atoms with Gasteiger partial charge >= 0.3 is 5.97 Å². The van der Waals surface area contributed by atoms with Gasteiger partial charge in [-0.3, -0.25) is 4.98 Å². The molecular formula is C8H9NO3. The average molecular weight is 167 g/mol. The fourth-order valence-electron chi connectivity index (χ4n) is 0.706. The van der Waals surface area contributed by atoms with Gasteiger partial charge in [0.05, 0.1) is 5.56 Å². The van der Waals surface area contributed by atoms with E-state index in [2.05, 4.69) is 9.72 Å². The summed E-state index contributed by atoms with van der Waals surface area (Å²) >= 11 is 0. The van der Waals surface area contributed by atoms with Gasteiger partial charge in [-0.05, 0) is 19.1 Å². The molecule has 0 aliphatic rings. The van der Waals surface area contributed by atoms with Crippen LogP contribution in [0.3, 0.4) is 0 Å². The van der Waals surface area contributed by atoms with Gasteiger partial charge in [-0.2, -0.15) is 0 Å². The molecule has 4 nitrogen and oxygen atoms in total. The Kier molecular flexibility index (Phi) is 2.76. The molecule has 4 heteroatoms. The number of ether oxygens (including phenoxy) is 1. The van der Waals surface area contributed by atoms with Crippen LogP contribution < -0.4 is 0 Å². The monoisotopic (exact) mass is 167 g/mol. The van der Waals surface area contributed by atoms with Crippen LogP contribution in [0.1, 0.15) is 17.3 Å². The molecule has 64 valence electrons. The van der Waals surface area contributed by atoms with Gasteiger partial charge in [-0.15, -0.1) is 0 Å². The molecule has 0 aliphatic heterocycles. The molecule has 0 aromatic carbocycles. The van der Waals surface area contributed by atoms with Crippen molar-refractivity contribution in [3.63, 3.8) is 0 Å². The minimum atomic E-state index is -1.09. The van der Waals surface area contributed by atoms with Gasteiger partial charge in [0.25, 0.3) is 0 Å². The normalized spacial score (nSPS) is 12.2. The Morgan fingerprint density at radius 1 is 1.75 bits per heavy atom. The molecule has 0 saturated carbocycles. The van der Waals surface area contributed by atoms with Gasteiger partial charge in [0.15, 0.2) is 6.29 Å². The van der Waals surface area contributed by atoms with Crippen molar-refractivity contribution >= 4 is 5.97 Å². The lowest BCUT2D eigenvalue weighted by atomic mass is 10.3. The summed E-state index contributed by atoms with van der Waals surface area (Å²) < 4.78 is 4.51. The number of aliphatic hydroxyl groups excluding tert-OH is 1. The van der Waals surface area contributed by atoms with Crippen LogP contribution in [0.2, 0.25) is 0 Å². The third-order valence-electron chi connectivity index (χ3n) is 1.17. The van der Waals surface area contributed by atoms with E-state index in [1.165, 1.54) is 13.1 Å². The van der Waals surface area contributed by atoms with E-state index in [4.69, 9.17) is 5.11 Å². The molecule has 12 heavy (non-hydrogen) atoms. The number of nitrogens with zero attached hydrogens (tertiary/aromatic N) is 1. The summed E-state index contributed by atoms with van der Waals surface area (Å²) in [4.78, 5) is 14.8. The maximum atomic E-state index is 11.0. The smallest absolute Gasteiger partial charge is 0.341 e. The van der Waals surface area contributed by atoms with Gasteiger partial charge in [0, 0.05) is 12.4 Å². The molecule has 0 saturated heterocycles. The molecule has 1 aromatic heterocycles. The largest absolute Gasteiger partial charge is 0.433 e. The molecule has 1 aromatic rings. The van der Waals surface area contributed by atoms with Crippen molar-refractivity contribution in [2.75, 3.05) is 0 Å². The summed E-state index contributed by atoms with van der Waals surface area (Å²) in [7, 11) is 0. The molecule has 1 heterocycles. The highest BCUT2D eigenvalue weighted by Gasteiger charge is 2.08. The lowest BCUT2D eigenvalue weighted by Crippen LogP contribution is -2.13. The minimum absolute atomic E-state index is 0.332. The molecule has 0 amide bonds. The number of hydrogen-bond donors (Lipinski definition) is 1. The first-order chi connectivity index (χ1) is 5.70. The van der Waals surface area contributed by atoms with Gasteiger partial charge in [-0.25, -0.2) is 4.79 Å². The summed E-state index contributed by atoms with van der Waals surface area (Å²) in [6.45, 7) is 1.37. The highest BCUT2D eigenvalue weighted by molar-refractivity contribution is 5.88. The van der Waals surface area contributed by atoms with Crippen molar-refractivity contribution < 1.29 is 14.6 Å². The lowest BCUT2D eigenvalue weighted by molar-refractivity contribution is -0.0523. The average Bonchev–Trinajstić information content (AvgIpc) is 2.05. The quantitative estimate of drug-likeness (QED) is 0.517. The lowest BCUT2D eigenvalue weighted by Gasteiger charge is -2.05. The van der Waals surface area contributed by atoms with Crippen LogP contribution in [-0.4, -0.2) is 22.3 Å². The van der Waals surface area contributed by atoms with E-state index in [9.17, 15) is 4.79 Å². The van der Waals surface area contributed by atoms with Crippen LogP contribution in [0, 0.1) is 0 Å². The zero-order valence-corrected chi connectivity index (χ0v) is 6.60. The second kappa shape index (κ2) is 3.82. The third-order valence-corrected chi connectivity index (χ3v) is 1.17. The first-order valence-electron chi connectivity index (χ1n) is 3.49. The molecule has 1 atom stereocenters. The second-order valence-corrected chi connectivity index (χ2v) is 2.25. The topological polar surface area (TPSA) is 59.4 Å². The van der Waals surface area contributed by atoms with Crippen molar-refractivity contribution in [3.05, 3.63) is 30.1 Å². The summed E-state index contributed by atoms with van der Waals surface area (Å²) in [5, 5.41) is 8.72. The Bertz CT molecular complexity index is 258. The number of carbonyl (C=O) groups is 1. The van der Waals surface area contributed by atoms with E-state index in [0.29, 0.717) is 5.56 Å². The van der Waals surface area contributed by atoms with E-state index in [-0.39, 0.29) is 0 Å². The Morgan fingerprint density at radius 2 is 2.50 bits per heavy atom. The highest BCUT2D eigenvalue weighted by Crippen LogP contribution is 1.99. The fraction of sp³-hybridized carbons (Fsp3) is 0.250. The summed E-state index contributed by atoms with van der Waals surface area (Å²) in [6.07, 6.45) is 1.85. The number of rotatable bonds is 2. The zero-order valence-electron chi connectivity index (χ0n) is 6.60. The predicted molar refractivity (Wildman–Crippen MR) is 41.3 cm³/mol. The van der Waals surface area contributed by atoms with Gasteiger partial charge < -0.3 is 9.84 Å². The van der Waals surface area contributed by atoms with Crippen molar-refractivity contribution in [2.24, 2.45) is 0 Å². The number of carbonyl (C=O) groups excluding carboxylic acids is 1. The van der Waals surface area contributed by atoms with Crippen LogP contribution in [0.15, 0.2) is 24.5 Å². The summed E-state index contributed by atoms with van der Waals surface area (Å²) in [6, 6.07) is 3.19. The molecule has 1 N–H and O–H groups in total. The van der Waals surface area contributed by atoms with E-state index in [1.54, 1.807) is 18.3 Å². The van der Waals surface area contributed by atoms with Gasteiger partial charge in [0.2, 0.25) is 0 Å². The standard InChI is InChI=1S/C8H9NO3/c1-6(10)12-8(11)7-3-2-4-9-5-7/h2-6,10H,1H3. The SMILES string of the molecule is CC(O)OC(=O)c1cccnc1. The van der Waals surface area contributed by atoms with Crippen LogP contribution in [0.5, 0.6) is 0 Å². The number of hydrogen-bond acceptors (Lipinski definition) is 4. The zero-order chi connectivity index (χ0) is 8.97. The van der Waals surface area contributed by atoms with Gasteiger partial charge in [0.1, 0.15) is 0 Å². The fourth-order valence-corrected chi connectivity index (χ4v) is 0.706. The molecule has 0 aliphatic carbocycles. The van der Waals surface area contributed by atoms with Crippen molar-refractivity contribution in [2.45, 2.75) is 13.2 Å². The maximum absolute atomic E-state index is 11.0. The van der Waals surface area contributed by atoms with E-state index < -0.39 is 12.3 Å². The second-order valence-electron chi connectivity index (χ2n) is 2.25. The van der Waals surface area contributed by atoms with Gasteiger partial charge in [-0.1, -0.05) is 0 Å². The van der Waals surface area contributed by atoms with Crippen molar-refractivity contribution in [1.82, 2.24) is 4.98 Å². The van der Waals surface area contributed by atoms with Crippen molar-refractivity contribution in [3.8, 4) is 0 Å². The third kappa shape index (κ3) is 2.32. The first kappa shape index (κ1) is 8.67. The first-order valence-corrected chi connectivity index (χ1v) is 3.49. The van der Waals surface area contributed by atoms with E-state index in [1.807, 2.05) is 0 Å². The molecule has 0 fully saturated rings. The molecule has 0 bridgehead atoms.